The summed E-state index contributed by atoms with van der Waals surface area (Å²) in [7, 11) is 3.97. The molecule has 0 unspecified atom stereocenters. The van der Waals surface area contributed by atoms with E-state index in [1.807, 2.05) is 49.3 Å². The lowest BCUT2D eigenvalue weighted by atomic mass is 9.85. The third-order valence-corrected chi connectivity index (χ3v) is 4.40. The first-order valence-corrected chi connectivity index (χ1v) is 7.84. The standard InChI is InChI=1S/C18H28N2O/c1-18(2,3)15-12-9-13-20(15)17(21)16(19(4)5)14-10-7-6-8-11-14/h6-8,10-11,15-16H,9,12-13H2,1-5H3/t15-,16-/m1/s1. The van der Waals surface area contributed by atoms with Crippen LogP contribution in [0.2, 0.25) is 0 Å². The highest BCUT2D eigenvalue weighted by molar-refractivity contribution is 5.84. The van der Waals surface area contributed by atoms with Gasteiger partial charge in [-0.1, -0.05) is 51.1 Å². The van der Waals surface area contributed by atoms with Gasteiger partial charge in [0.05, 0.1) is 0 Å². The van der Waals surface area contributed by atoms with Gasteiger partial charge in [0.25, 0.3) is 0 Å². The van der Waals surface area contributed by atoms with Crippen LogP contribution >= 0.6 is 0 Å². The van der Waals surface area contributed by atoms with Crippen molar-refractivity contribution in [3.8, 4) is 0 Å². The van der Waals surface area contributed by atoms with Crippen molar-refractivity contribution >= 4 is 5.91 Å². The Labute approximate surface area is 128 Å². The summed E-state index contributed by atoms with van der Waals surface area (Å²) >= 11 is 0. The predicted molar refractivity (Wildman–Crippen MR) is 87.1 cm³/mol. The van der Waals surface area contributed by atoms with Crippen molar-refractivity contribution in [2.24, 2.45) is 5.41 Å². The van der Waals surface area contributed by atoms with Crippen LogP contribution in [0.1, 0.15) is 45.2 Å². The maximum absolute atomic E-state index is 13.1. The molecule has 0 spiro atoms. The minimum Gasteiger partial charge on any atom is -0.338 e. The highest BCUT2D eigenvalue weighted by atomic mass is 16.2. The van der Waals surface area contributed by atoms with Crippen LogP contribution < -0.4 is 0 Å². The number of nitrogens with zero attached hydrogens (tertiary/aromatic N) is 2. The normalized spacial score (nSPS) is 20.9. The average Bonchev–Trinajstić information content (AvgIpc) is 2.88. The number of likely N-dealkylation sites (N-methyl/N-ethyl adjacent to an activating group) is 1. The number of hydrogen-bond acceptors (Lipinski definition) is 2. The van der Waals surface area contributed by atoms with E-state index in [0.717, 1.165) is 24.9 Å². The monoisotopic (exact) mass is 288 g/mol. The molecule has 0 aliphatic carbocycles. The Morgan fingerprint density at radius 1 is 1.24 bits per heavy atom. The zero-order valence-electron chi connectivity index (χ0n) is 14.0. The van der Waals surface area contributed by atoms with Gasteiger partial charge in [-0.2, -0.15) is 0 Å². The molecule has 3 heteroatoms. The molecular weight excluding hydrogens is 260 g/mol. The van der Waals surface area contributed by atoms with Gasteiger partial charge >= 0.3 is 0 Å². The summed E-state index contributed by atoms with van der Waals surface area (Å²) < 4.78 is 0. The smallest absolute Gasteiger partial charge is 0.244 e. The molecule has 2 atom stereocenters. The fourth-order valence-electron chi connectivity index (χ4n) is 3.38. The van der Waals surface area contributed by atoms with Crippen LogP contribution in [0.15, 0.2) is 30.3 Å². The largest absolute Gasteiger partial charge is 0.338 e. The third-order valence-electron chi connectivity index (χ3n) is 4.40. The second-order valence-electron chi connectivity index (χ2n) is 7.33. The van der Waals surface area contributed by atoms with Gasteiger partial charge in [-0.25, -0.2) is 0 Å². The molecular formula is C18H28N2O. The topological polar surface area (TPSA) is 23.6 Å². The molecule has 3 nitrogen and oxygen atoms in total. The molecule has 1 aliphatic rings. The molecule has 2 rings (SSSR count). The minimum absolute atomic E-state index is 0.139. The van der Waals surface area contributed by atoms with E-state index in [0.29, 0.717) is 6.04 Å². The summed E-state index contributed by atoms with van der Waals surface area (Å²) in [6, 6.07) is 10.3. The summed E-state index contributed by atoms with van der Waals surface area (Å²) in [5, 5.41) is 0. The van der Waals surface area contributed by atoms with Gasteiger partial charge in [0.1, 0.15) is 6.04 Å². The predicted octanol–water partition coefficient (Wildman–Crippen LogP) is 3.33. The Balaban J connectivity index is 2.27. The van der Waals surface area contributed by atoms with Crippen LogP contribution in [0.5, 0.6) is 0 Å². The Morgan fingerprint density at radius 2 is 1.86 bits per heavy atom. The van der Waals surface area contributed by atoms with E-state index in [-0.39, 0.29) is 17.4 Å². The van der Waals surface area contributed by atoms with Gasteiger partial charge in [-0.15, -0.1) is 0 Å². The van der Waals surface area contributed by atoms with Crippen LogP contribution in [0.3, 0.4) is 0 Å². The van der Waals surface area contributed by atoms with E-state index in [4.69, 9.17) is 0 Å². The summed E-state index contributed by atoms with van der Waals surface area (Å²) in [4.78, 5) is 17.3. The molecule has 1 aromatic rings. The van der Waals surface area contributed by atoms with Crippen molar-refractivity contribution in [1.82, 2.24) is 9.80 Å². The van der Waals surface area contributed by atoms with Crippen LogP contribution in [0, 0.1) is 5.41 Å². The van der Waals surface area contributed by atoms with E-state index in [1.54, 1.807) is 0 Å². The van der Waals surface area contributed by atoms with E-state index in [2.05, 4.69) is 25.7 Å². The molecule has 0 radical (unpaired) electrons. The summed E-state index contributed by atoms with van der Waals surface area (Å²) in [6.07, 6.45) is 2.23. The molecule has 0 N–H and O–H groups in total. The SMILES string of the molecule is CN(C)[C@@H](C(=O)N1CCC[C@@H]1C(C)(C)C)c1ccccc1. The lowest BCUT2D eigenvalue weighted by Gasteiger charge is -2.38. The van der Waals surface area contributed by atoms with E-state index < -0.39 is 0 Å². The van der Waals surface area contributed by atoms with Gasteiger partial charge < -0.3 is 4.90 Å². The number of amides is 1. The number of likely N-dealkylation sites (tertiary alicyclic amines) is 1. The number of hydrogen-bond donors (Lipinski definition) is 0. The lowest BCUT2D eigenvalue weighted by molar-refractivity contribution is -0.139. The second-order valence-corrected chi connectivity index (χ2v) is 7.33. The van der Waals surface area contributed by atoms with Crippen molar-refractivity contribution in [1.29, 1.82) is 0 Å². The van der Waals surface area contributed by atoms with Gasteiger partial charge in [0, 0.05) is 12.6 Å². The van der Waals surface area contributed by atoms with Crippen LogP contribution in [-0.4, -0.2) is 42.4 Å². The maximum atomic E-state index is 13.1. The van der Waals surface area contributed by atoms with E-state index >= 15 is 0 Å². The molecule has 1 heterocycles. The van der Waals surface area contributed by atoms with E-state index in [1.165, 1.54) is 0 Å². The summed E-state index contributed by atoms with van der Waals surface area (Å²) in [5.74, 6) is 0.239. The zero-order chi connectivity index (χ0) is 15.6. The van der Waals surface area contributed by atoms with E-state index in [9.17, 15) is 4.79 Å². The second kappa shape index (κ2) is 6.18. The van der Waals surface area contributed by atoms with Gasteiger partial charge in [-0.3, -0.25) is 9.69 Å². The Morgan fingerprint density at radius 3 is 2.38 bits per heavy atom. The highest BCUT2D eigenvalue weighted by Crippen LogP contribution is 2.35. The first-order valence-electron chi connectivity index (χ1n) is 7.84. The molecule has 1 amide bonds. The van der Waals surface area contributed by atoms with Crippen molar-refractivity contribution in [3.63, 3.8) is 0 Å². The number of benzene rings is 1. The van der Waals surface area contributed by atoms with Gasteiger partial charge in [0.15, 0.2) is 0 Å². The van der Waals surface area contributed by atoms with Crippen molar-refractivity contribution in [2.75, 3.05) is 20.6 Å². The molecule has 0 bridgehead atoms. The van der Waals surface area contributed by atoms with Gasteiger partial charge in [0.2, 0.25) is 5.91 Å². The highest BCUT2D eigenvalue weighted by Gasteiger charge is 2.40. The van der Waals surface area contributed by atoms with Crippen molar-refractivity contribution in [2.45, 2.75) is 45.7 Å². The quantitative estimate of drug-likeness (QED) is 0.852. The van der Waals surface area contributed by atoms with Crippen LogP contribution in [0.25, 0.3) is 0 Å². The zero-order valence-corrected chi connectivity index (χ0v) is 14.0. The fraction of sp³-hybridized carbons (Fsp3) is 0.611. The molecule has 1 aromatic carbocycles. The number of carbonyl (C=O) groups excluding carboxylic acids is 1. The fourth-order valence-corrected chi connectivity index (χ4v) is 3.38. The first-order chi connectivity index (χ1) is 9.82. The molecule has 1 saturated heterocycles. The third kappa shape index (κ3) is 3.46. The molecule has 0 aromatic heterocycles. The lowest BCUT2D eigenvalue weighted by Crippen LogP contribution is -2.47. The molecule has 1 fully saturated rings. The van der Waals surface area contributed by atoms with Crippen LogP contribution in [0.4, 0.5) is 0 Å². The van der Waals surface area contributed by atoms with Crippen molar-refractivity contribution < 1.29 is 4.79 Å². The average molecular weight is 288 g/mol. The van der Waals surface area contributed by atoms with Gasteiger partial charge in [-0.05, 0) is 37.9 Å². The van der Waals surface area contributed by atoms with Crippen LogP contribution in [-0.2, 0) is 4.79 Å². The molecule has 116 valence electrons. The first kappa shape index (κ1) is 16.0. The molecule has 21 heavy (non-hydrogen) atoms. The molecule has 0 saturated carbocycles. The minimum atomic E-state index is -0.186. The summed E-state index contributed by atoms with van der Waals surface area (Å²) in [5.41, 5.74) is 1.21. The molecule has 1 aliphatic heterocycles. The summed E-state index contributed by atoms with van der Waals surface area (Å²) in [6.45, 7) is 7.58. The van der Waals surface area contributed by atoms with Crippen molar-refractivity contribution in [3.05, 3.63) is 35.9 Å². The Kier molecular flexibility index (Phi) is 4.72. The number of rotatable bonds is 3. The Hall–Kier alpha value is -1.35. The number of carbonyl (C=O) groups is 1. The Bertz CT molecular complexity index is 476. The maximum Gasteiger partial charge on any atom is 0.244 e.